The highest BCUT2D eigenvalue weighted by molar-refractivity contribution is 7.89. The van der Waals surface area contributed by atoms with E-state index in [9.17, 15) is 13.5 Å². The van der Waals surface area contributed by atoms with Gasteiger partial charge in [-0.2, -0.15) is 4.31 Å². The van der Waals surface area contributed by atoms with E-state index in [1.807, 2.05) is 19.0 Å². The molecule has 8 heteroatoms. The maximum atomic E-state index is 12.6. The number of hydrogen-bond acceptors (Lipinski definition) is 5. The third-order valence-corrected chi connectivity index (χ3v) is 5.34. The maximum absolute atomic E-state index is 12.6. The molecular formula is C12H18ClN3O3S. The van der Waals surface area contributed by atoms with Crippen LogP contribution < -0.4 is 0 Å². The zero-order valence-electron chi connectivity index (χ0n) is 11.4. The van der Waals surface area contributed by atoms with Gasteiger partial charge in [0.05, 0.1) is 11.0 Å². The van der Waals surface area contributed by atoms with Crippen LogP contribution in [0.1, 0.15) is 6.42 Å². The van der Waals surface area contributed by atoms with Gasteiger partial charge in [0, 0.05) is 25.3 Å². The van der Waals surface area contributed by atoms with Crippen LogP contribution in [0.15, 0.2) is 23.2 Å². The Hall–Kier alpha value is -0.730. The molecule has 0 spiro atoms. The first-order valence-electron chi connectivity index (χ1n) is 6.27. The number of likely N-dealkylation sites (N-methyl/N-ethyl adjacent to an activating group) is 1. The maximum Gasteiger partial charge on any atom is 0.243 e. The Balaban J connectivity index is 2.32. The predicted molar refractivity (Wildman–Crippen MR) is 76.1 cm³/mol. The number of aromatic nitrogens is 1. The van der Waals surface area contributed by atoms with Gasteiger partial charge in [0.2, 0.25) is 10.0 Å². The zero-order valence-corrected chi connectivity index (χ0v) is 13.0. The van der Waals surface area contributed by atoms with Crippen LogP contribution in [0.3, 0.4) is 0 Å². The molecule has 2 rings (SSSR count). The lowest BCUT2D eigenvalue weighted by Gasteiger charge is -2.26. The fraction of sp³-hybridized carbons (Fsp3) is 0.583. The number of halogens is 1. The van der Waals surface area contributed by atoms with Crippen LogP contribution in [-0.2, 0) is 10.0 Å². The summed E-state index contributed by atoms with van der Waals surface area (Å²) in [7, 11) is 0.0809. The SMILES string of the molecule is CN(C)CC1CC(O)CN1S(=O)(=O)c1ccnc(Cl)c1. The van der Waals surface area contributed by atoms with Gasteiger partial charge in [0.25, 0.3) is 0 Å². The molecule has 20 heavy (non-hydrogen) atoms. The number of rotatable bonds is 4. The number of hydrogen-bond donors (Lipinski definition) is 1. The van der Waals surface area contributed by atoms with Crippen LogP contribution in [0.25, 0.3) is 0 Å². The Morgan fingerprint density at radius 1 is 1.55 bits per heavy atom. The molecule has 1 aliphatic heterocycles. The summed E-state index contributed by atoms with van der Waals surface area (Å²) < 4.78 is 26.6. The minimum atomic E-state index is -3.67. The van der Waals surface area contributed by atoms with Gasteiger partial charge in [0.15, 0.2) is 0 Å². The molecular weight excluding hydrogens is 302 g/mol. The van der Waals surface area contributed by atoms with E-state index in [1.165, 1.54) is 22.6 Å². The van der Waals surface area contributed by atoms with E-state index in [-0.39, 0.29) is 22.6 Å². The van der Waals surface area contributed by atoms with Crippen LogP contribution >= 0.6 is 11.6 Å². The van der Waals surface area contributed by atoms with Crippen molar-refractivity contribution in [3.05, 3.63) is 23.5 Å². The zero-order chi connectivity index (χ0) is 14.9. The molecule has 112 valence electrons. The van der Waals surface area contributed by atoms with Crippen molar-refractivity contribution in [1.29, 1.82) is 0 Å². The van der Waals surface area contributed by atoms with Crippen molar-refractivity contribution < 1.29 is 13.5 Å². The molecule has 1 saturated heterocycles. The van der Waals surface area contributed by atoms with Gasteiger partial charge in [-0.25, -0.2) is 13.4 Å². The minimum absolute atomic E-state index is 0.107. The van der Waals surface area contributed by atoms with E-state index < -0.39 is 16.1 Å². The number of pyridine rings is 1. The Labute approximate surface area is 124 Å². The first-order valence-corrected chi connectivity index (χ1v) is 8.08. The lowest BCUT2D eigenvalue weighted by Crippen LogP contribution is -2.41. The lowest BCUT2D eigenvalue weighted by atomic mass is 10.2. The molecule has 1 N–H and O–H groups in total. The van der Waals surface area contributed by atoms with E-state index in [4.69, 9.17) is 11.6 Å². The molecule has 1 aliphatic rings. The summed E-state index contributed by atoms with van der Waals surface area (Å²) in [6.45, 7) is 0.676. The number of aliphatic hydroxyl groups excluding tert-OH is 1. The van der Waals surface area contributed by atoms with Crippen molar-refractivity contribution in [3.63, 3.8) is 0 Å². The van der Waals surface area contributed by atoms with Gasteiger partial charge in [0.1, 0.15) is 5.15 Å². The highest BCUT2D eigenvalue weighted by Crippen LogP contribution is 2.27. The summed E-state index contributed by atoms with van der Waals surface area (Å²) in [4.78, 5) is 5.80. The van der Waals surface area contributed by atoms with E-state index >= 15 is 0 Å². The summed E-state index contributed by atoms with van der Waals surface area (Å²) in [5, 5.41) is 9.92. The predicted octanol–water partition coefficient (Wildman–Crippen LogP) is 0.420. The molecule has 2 atom stereocenters. The molecule has 0 aliphatic carbocycles. The molecule has 1 aromatic heterocycles. The lowest BCUT2D eigenvalue weighted by molar-refractivity contribution is 0.188. The molecule has 2 heterocycles. The average molecular weight is 320 g/mol. The van der Waals surface area contributed by atoms with Gasteiger partial charge < -0.3 is 10.0 Å². The highest BCUT2D eigenvalue weighted by Gasteiger charge is 2.39. The van der Waals surface area contributed by atoms with Gasteiger partial charge in [-0.05, 0) is 32.6 Å². The number of β-amino-alcohol motifs (C(OH)–C–C–N with tert-alkyl or cyclic N) is 1. The summed E-state index contributed by atoms with van der Waals surface area (Å²) in [5.74, 6) is 0. The third-order valence-electron chi connectivity index (χ3n) is 3.22. The topological polar surface area (TPSA) is 73.7 Å². The van der Waals surface area contributed by atoms with Crippen LogP contribution in [0, 0.1) is 0 Å². The molecule has 0 radical (unpaired) electrons. The van der Waals surface area contributed by atoms with Crippen molar-refractivity contribution >= 4 is 21.6 Å². The number of nitrogens with zero attached hydrogens (tertiary/aromatic N) is 3. The fourth-order valence-electron chi connectivity index (χ4n) is 2.42. The van der Waals surface area contributed by atoms with Crippen molar-refractivity contribution in [2.24, 2.45) is 0 Å². The normalized spacial score (nSPS) is 24.4. The standard InChI is InChI=1S/C12H18ClN3O3S/c1-15(2)7-9-5-10(17)8-16(9)20(18,19)11-3-4-14-12(13)6-11/h3-4,6,9-10,17H,5,7-8H2,1-2H3. The van der Waals surface area contributed by atoms with Gasteiger partial charge in [-0.15, -0.1) is 0 Å². The largest absolute Gasteiger partial charge is 0.392 e. The highest BCUT2D eigenvalue weighted by atomic mass is 35.5. The number of aliphatic hydroxyl groups is 1. The molecule has 0 saturated carbocycles. The fourth-order valence-corrected chi connectivity index (χ4v) is 4.34. The summed E-state index contributed by atoms with van der Waals surface area (Å²) in [5.41, 5.74) is 0. The summed E-state index contributed by atoms with van der Waals surface area (Å²) >= 11 is 5.76. The van der Waals surface area contributed by atoms with Crippen LogP contribution in [0.5, 0.6) is 0 Å². The second-order valence-electron chi connectivity index (χ2n) is 5.19. The van der Waals surface area contributed by atoms with Crippen molar-refractivity contribution in [3.8, 4) is 0 Å². The monoisotopic (exact) mass is 319 g/mol. The van der Waals surface area contributed by atoms with Crippen molar-refractivity contribution in [2.75, 3.05) is 27.2 Å². The Morgan fingerprint density at radius 3 is 2.85 bits per heavy atom. The molecule has 1 fully saturated rings. The molecule has 1 aromatic rings. The summed E-state index contributed by atoms with van der Waals surface area (Å²) in [6, 6.07) is 2.50. The van der Waals surface area contributed by atoms with Crippen molar-refractivity contribution in [2.45, 2.75) is 23.5 Å². The van der Waals surface area contributed by atoms with Crippen LogP contribution in [-0.4, -0.2) is 67.0 Å². The number of sulfonamides is 1. The Kier molecular flexibility index (Phi) is 4.66. The molecule has 2 unspecified atom stereocenters. The smallest absolute Gasteiger partial charge is 0.243 e. The van der Waals surface area contributed by atoms with Crippen molar-refractivity contribution in [1.82, 2.24) is 14.2 Å². The van der Waals surface area contributed by atoms with E-state index in [1.54, 1.807) is 0 Å². The van der Waals surface area contributed by atoms with Crippen LogP contribution in [0.4, 0.5) is 0 Å². The van der Waals surface area contributed by atoms with E-state index in [0.717, 1.165) is 0 Å². The third kappa shape index (κ3) is 3.29. The first-order chi connectivity index (χ1) is 9.30. The quantitative estimate of drug-likeness (QED) is 0.814. The molecule has 0 aromatic carbocycles. The first kappa shape index (κ1) is 15.7. The van der Waals surface area contributed by atoms with Gasteiger partial charge >= 0.3 is 0 Å². The average Bonchev–Trinajstić information content (AvgIpc) is 2.70. The molecule has 0 amide bonds. The van der Waals surface area contributed by atoms with E-state index in [2.05, 4.69) is 4.98 Å². The molecule has 6 nitrogen and oxygen atoms in total. The second-order valence-corrected chi connectivity index (χ2v) is 7.47. The minimum Gasteiger partial charge on any atom is -0.392 e. The second kappa shape index (κ2) is 5.95. The summed E-state index contributed by atoms with van der Waals surface area (Å²) in [6.07, 6.45) is 1.17. The van der Waals surface area contributed by atoms with Crippen LogP contribution in [0.2, 0.25) is 5.15 Å². The van der Waals surface area contributed by atoms with Gasteiger partial charge in [-0.3, -0.25) is 0 Å². The Bertz CT molecular complexity index is 579. The Morgan fingerprint density at radius 2 is 2.25 bits per heavy atom. The van der Waals surface area contributed by atoms with Gasteiger partial charge in [-0.1, -0.05) is 11.6 Å². The molecule has 0 bridgehead atoms. The van der Waals surface area contributed by atoms with E-state index in [0.29, 0.717) is 13.0 Å².